The highest BCUT2D eigenvalue weighted by Gasteiger charge is 2.31. The Morgan fingerprint density at radius 1 is 1.35 bits per heavy atom. The van der Waals surface area contributed by atoms with Crippen LogP contribution in [-0.2, 0) is 11.0 Å². The third-order valence-corrected chi connectivity index (χ3v) is 3.22. The Morgan fingerprint density at radius 2 is 2.10 bits per heavy atom. The lowest BCUT2D eigenvalue weighted by molar-refractivity contribution is -0.137. The second-order valence-corrected chi connectivity index (χ2v) is 4.72. The summed E-state index contributed by atoms with van der Waals surface area (Å²) in [6, 6.07) is 1.97. The van der Waals surface area contributed by atoms with Gasteiger partial charge in [-0.1, -0.05) is 0 Å². The lowest BCUT2D eigenvalue weighted by Crippen LogP contribution is -2.37. The minimum atomic E-state index is -4.57. The topological polar surface area (TPSA) is 41.1 Å². The number of halogens is 4. The zero-order valence-corrected chi connectivity index (χ0v) is 10.6. The Kier molecular flexibility index (Phi) is 4.27. The predicted molar refractivity (Wildman–Crippen MR) is 65.6 cm³/mol. The van der Waals surface area contributed by atoms with Crippen molar-refractivity contribution in [2.24, 2.45) is 5.92 Å². The van der Waals surface area contributed by atoms with Crippen molar-refractivity contribution < 1.29 is 22.4 Å². The van der Waals surface area contributed by atoms with E-state index in [1.165, 1.54) is 0 Å². The van der Waals surface area contributed by atoms with Gasteiger partial charge in [0.25, 0.3) is 0 Å². The van der Waals surface area contributed by atoms with Crippen LogP contribution in [0.2, 0.25) is 0 Å². The highest BCUT2D eigenvalue weighted by Crippen LogP contribution is 2.32. The van der Waals surface area contributed by atoms with Gasteiger partial charge < -0.3 is 10.6 Å². The van der Waals surface area contributed by atoms with Crippen LogP contribution in [0.1, 0.15) is 18.4 Å². The standard InChI is InChI=1S/C13H14F4N2O/c14-10-4-3-9(13(15,16)17)6-11(10)19-12(20)8-2-1-5-18-7-8/h3-4,6,8,18H,1-2,5,7H2,(H,19,20). The maximum atomic E-state index is 13.5. The maximum absolute atomic E-state index is 13.5. The quantitative estimate of drug-likeness (QED) is 0.822. The summed E-state index contributed by atoms with van der Waals surface area (Å²) in [6.45, 7) is 1.26. The largest absolute Gasteiger partial charge is 0.416 e. The number of amides is 1. The van der Waals surface area contributed by atoms with E-state index in [0.717, 1.165) is 13.0 Å². The Labute approximate surface area is 113 Å². The fourth-order valence-electron chi connectivity index (χ4n) is 2.11. The van der Waals surface area contributed by atoms with Gasteiger partial charge in [0, 0.05) is 6.54 Å². The molecule has 1 atom stereocenters. The first kappa shape index (κ1) is 14.8. The van der Waals surface area contributed by atoms with Gasteiger partial charge in [-0.3, -0.25) is 4.79 Å². The van der Waals surface area contributed by atoms with Crippen molar-refractivity contribution in [1.82, 2.24) is 5.32 Å². The molecule has 0 saturated carbocycles. The third kappa shape index (κ3) is 3.47. The molecule has 7 heteroatoms. The second-order valence-electron chi connectivity index (χ2n) is 4.72. The Balaban J connectivity index is 2.13. The van der Waals surface area contributed by atoms with Gasteiger partial charge in [-0.15, -0.1) is 0 Å². The number of anilines is 1. The van der Waals surface area contributed by atoms with Gasteiger partial charge in [-0.05, 0) is 37.6 Å². The van der Waals surface area contributed by atoms with Crippen LogP contribution >= 0.6 is 0 Å². The minimum absolute atomic E-state index is 0.349. The first-order valence-electron chi connectivity index (χ1n) is 6.26. The summed E-state index contributed by atoms with van der Waals surface area (Å²) in [7, 11) is 0. The van der Waals surface area contributed by atoms with Gasteiger partial charge in [0.2, 0.25) is 5.91 Å². The van der Waals surface area contributed by atoms with Crippen LogP contribution in [0.25, 0.3) is 0 Å². The van der Waals surface area contributed by atoms with E-state index >= 15 is 0 Å². The molecule has 0 spiro atoms. The number of benzene rings is 1. The molecule has 0 bridgehead atoms. The number of hydrogen-bond acceptors (Lipinski definition) is 2. The average molecular weight is 290 g/mol. The van der Waals surface area contributed by atoms with E-state index in [2.05, 4.69) is 10.6 Å². The van der Waals surface area contributed by atoms with Crippen molar-refractivity contribution in [2.45, 2.75) is 19.0 Å². The fraction of sp³-hybridized carbons (Fsp3) is 0.462. The zero-order valence-electron chi connectivity index (χ0n) is 10.6. The second kappa shape index (κ2) is 5.78. The lowest BCUT2D eigenvalue weighted by atomic mass is 9.98. The maximum Gasteiger partial charge on any atom is 0.416 e. The lowest BCUT2D eigenvalue weighted by Gasteiger charge is -2.22. The highest BCUT2D eigenvalue weighted by molar-refractivity contribution is 5.93. The third-order valence-electron chi connectivity index (χ3n) is 3.22. The smallest absolute Gasteiger partial charge is 0.323 e. The monoisotopic (exact) mass is 290 g/mol. The number of carbonyl (C=O) groups is 1. The first-order chi connectivity index (χ1) is 9.38. The van der Waals surface area contributed by atoms with E-state index in [-0.39, 0.29) is 5.92 Å². The van der Waals surface area contributed by atoms with Crippen molar-refractivity contribution in [3.05, 3.63) is 29.6 Å². The molecule has 0 aliphatic carbocycles. The number of piperidine rings is 1. The van der Waals surface area contributed by atoms with E-state index < -0.39 is 29.2 Å². The summed E-state index contributed by atoms with van der Waals surface area (Å²) in [6.07, 6.45) is -3.12. The molecular formula is C13H14F4N2O. The van der Waals surface area contributed by atoms with Crippen molar-refractivity contribution in [3.8, 4) is 0 Å². The van der Waals surface area contributed by atoms with Crippen LogP contribution in [0.3, 0.4) is 0 Å². The molecule has 1 aromatic rings. The van der Waals surface area contributed by atoms with Gasteiger partial charge in [-0.25, -0.2) is 4.39 Å². The molecule has 1 aliphatic rings. The van der Waals surface area contributed by atoms with Gasteiger partial charge in [0.15, 0.2) is 0 Å². The van der Waals surface area contributed by atoms with E-state index in [1.807, 2.05) is 0 Å². The van der Waals surface area contributed by atoms with Crippen molar-refractivity contribution >= 4 is 11.6 Å². The first-order valence-corrected chi connectivity index (χ1v) is 6.26. The van der Waals surface area contributed by atoms with Crippen molar-refractivity contribution in [1.29, 1.82) is 0 Å². The van der Waals surface area contributed by atoms with Crippen molar-refractivity contribution in [2.75, 3.05) is 18.4 Å². The van der Waals surface area contributed by atoms with E-state index in [9.17, 15) is 22.4 Å². The summed E-state index contributed by atoms with van der Waals surface area (Å²) >= 11 is 0. The molecule has 1 unspecified atom stereocenters. The Hall–Kier alpha value is -1.63. The molecule has 110 valence electrons. The van der Waals surface area contributed by atoms with Gasteiger partial charge >= 0.3 is 6.18 Å². The van der Waals surface area contributed by atoms with Gasteiger partial charge in [0.05, 0.1) is 17.2 Å². The van der Waals surface area contributed by atoms with Gasteiger partial charge in [0.1, 0.15) is 5.82 Å². The molecule has 0 aromatic heterocycles. The Morgan fingerprint density at radius 3 is 2.70 bits per heavy atom. The highest BCUT2D eigenvalue weighted by atomic mass is 19.4. The molecule has 1 heterocycles. The molecule has 1 aromatic carbocycles. The number of rotatable bonds is 2. The molecule has 1 fully saturated rings. The summed E-state index contributed by atoms with van der Waals surface area (Å²) in [5.41, 5.74) is -1.42. The molecule has 1 saturated heterocycles. The normalized spacial score (nSPS) is 19.7. The summed E-state index contributed by atoms with van der Waals surface area (Å²) < 4.78 is 51.1. The van der Waals surface area contributed by atoms with Crippen LogP contribution < -0.4 is 10.6 Å². The fourth-order valence-corrected chi connectivity index (χ4v) is 2.11. The average Bonchev–Trinajstić information content (AvgIpc) is 2.41. The number of nitrogens with one attached hydrogen (secondary N) is 2. The molecule has 2 N–H and O–H groups in total. The molecule has 1 aliphatic heterocycles. The van der Waals surface area contributed by atoms with E-state index in [0.29, 0.717) is 31.2 Å². The summed E-state index contributed by atoms with van der Waals surface area (Å²) in [4.78, 5) is 11.9. The molecule has 1 amide bonds. The van der Waals surface area contributed by atoms with E-state index in [4.69, 9.17) is 0 Å². The molecular weight excluding hydrogens is 276 g/mol. The van der Waals surface area contributed by atoms with Crippen LogP contribution in [0.4, 0.5) is 23.2 Å². The van der Waals surface area contributed by atoms with Gasteiger partial charge in [-0.2, -0.15) is 13.2 Å². The van der Waals surface area contributed by atoms with Crippen molar-refractivity contribution in [3.63, 3.8) is 0 Å². The van der Waals surface area contributed by atoms with Crippen LogP contribution in [0.15, 0.2) is 18.2 Å². The predicted octanol–water partition coefficient (Wildman–Crippen LogP) is 2.78. The van der Waals surface area contributed by atoms with Crippen LogP contribution in [0.5, 0.6) is 0 Å². The zero-order chi connectivity index (χ0) is 14.8. The number of carbonyl (C=O) groups excluding carboxylic acids is 1. The Bertz CT molecular complexity index is 496. The molecule has 20 heavy (non-hydrogen) atoms. The van der Waals surface area contributed by atoms with Crippen LogP contribution in [-0.4, -0.2) is 19.0 Å². The summed E-state index contributed by atoms with van der Waals surface area (Å²) in [5.74, 6) is -1.69. The molecule has 2 rings (SSSR count). The summed E-state index contributed by atoms with van der Waals surface area (Å²) in [5, 5.41) is 5.26. The SMILES string of the molecule is O=C(Nc1cc(C(F)(F)F)ccc1F)C1CCCNC1. The van der Waals surface area contributed by atoms with Crippen LogP contribution in [0, 0.1) is 11.7 Å². The number of hydrogen-bond donors (Lipinski definition) is 2. The number of alkyl halides is 3. The van der Waals surface area contributed by atoms with E-state index in [1.54, 1.807) is 0 Å². The minimum Gasteiger partial charge on any atom is -0.323 e. The molecule has 3 nitrogen and oxygen atoms in total. The molecule has 0 radical (unpaired) electrons.